The average molecular weight is 298 g/mol. The zero-order chi connectivity index (χ0) is 15.0. The zero-order valence-corrected chi connectivity index (χ0v) is 12.1. The van der Waals surface area contributed by atoms with Crippen molar-refractivity contribution >= 4 is 23.4 Å². The predicted octanol–water partition coefficient (Wildman–Crippen LogP) is 1.82. The molecule has 0 radical (unpaired) electrons. The first-order chi connectivity index (χ1) is 9.52. The number of rotatable bonds is 8. The van der Waals surface area contributed by atoms with Crippen LogP contribution in [0.1, 0.15) is 13.3 Å². The van der Waals surface area contributed by atoms with Crippen LogP contribution >= 0.6 is 11.8 Å². The summed E-state index contributed by atoms with van der Waals surface area (Å²) >= 11 is 1.33. The highest BCUT2D eigenvalue weighted by molar-refractivity contribution is 8.00. The number of nitro benzene ring substituents is 1. The van der Waals surface area contributed by atoms with Gasteiger partial charge in [-0.05, 0) is 24.5 Å². The van der Waals surface area contributed by atoms with Crippen molar-refractivity contribution in [2.45, 2.75) is 18.2 Å². The third-order valence-electron chi connectivity index (χ3n) is 2.69. The number of aliphatic hydroxyl groups is 1. The number of thioether (sulfide) groups is 1. The SMILES string of the molecule is CC(CCO)CNC(=O)CSc1ccc([N+](=O)[O-])cc1. The van der Waals surface area contributed by atoms with Crippen molar-refractivity contribution in [1.29, 1.82) is 0 Å². The summed E-state index contributed by atoms with van der Waals surface area (Å²) in [5.41, 5.74) is 0.0385. The molecule has 0 aliphatic heterocycles. The van der Waals surface area contributed by atoms with Gasteiger partial charge in [-0.2, -0.15) is 0 Å². The molecule has 1 unspecified atom stereocenters. The Bertz CT molecular complexity index is 450. The Morgan fingerprint density at radius 3 is 2.65 bits per heavy atom. The lowest BCUT2D eigenvalue weighted by Crippen LogP contribution is -2.29. The summed E-state index contributed by atoms with van der Waals surface area (Å²) in [6.07, 6.45) is 0.662. The molecule has 0 aliphatic carbocycles. The minimum Gasteiger partial charge on any atom is -0.396 e. The van der Waals surface area contributed by atoms with E-state index in [0.717, 1.165) is 4.90 Å². The van der Waals surface area contributed by atoms with E-state index in [1.54, 1.807) is 12.1 Å². The standard InChI is InChI=1S/C13H18N2O4S/c1-10(6-7-16)8-14-13(17)9-20-12-4-2-11(3-5-12)15(18)19/h2-5,10,16H,6-9H2,1H3,(H,14,17). The lowest BCUT2D eigenvalue weighted by atomic mass is 10.1. The Hall–Kier alpha value is -1.60. The first-order valence-corrected chi connectivity index (χ1v) is 7.26. The van der Waals surface area contributed by atoms with E-state index in [0.29, 0.717) is 13.0 Å². The molecule has 1 aromatic rings. The van der Waals surface area contributed by atoms with Crippen LogP contribution in [0, 0.1) is 16.0 Å². The van der Waals surface area contributed by atoms with Gasteiger partial charge in [0.25, 0.3) is 5.69 Å². The smallest absolute Gasteiger partial charge is 0.269 e. The highest BCUT2D eigenvalue weighted by atomic mass is 32.2. The Morgan fingerprint density at radius 1 is 1.45 bits per heavy atom. The molecule has 1 atom stereocenters. The molecule has 110 valence electrons. The van der Waals surface area contributed by atoms with Crippen molar-refractivity contribution in [3.63, 3.8) is 0 Å². The van der Waals surface area contributed by atoms with E-state index in [-0.39, 0.29) is 29.9 Å². The van der Waals surface area contributed by atoms with Gasteiger partial charge in [0.15, 0.2) is 0 Å². The molecule has 1 aromatic carbocycles. The number of carbonyl (C=O) groups is 1. The average Bonchev–Trinajstić information content (AvgIpc) is 2.43. The molecule has 0 spiro atoms. The molecular weight excluding hydrogens is 280 g/mol. The molecule has 6 nitrogen and oxygen atoms in total. The van der Waals surface area contributed by atoms with Crippen molar-refractivity contribution in [1.82, 2.24) is 5.32 Å². The van der Waals surface area contributed by atoms with Gasteiger partial charge in [0.05, 0.1) is 10.7 Å². The van der Waals surface area contributed by atoms with Crippen LogP contribution < -0.4 is 5.32 Å². The number of hydrogen-bond acceptors (Lipinski definition) is 5. The van der Waals surface area contributed by atoms with Crippen LogP contribution in [0.25, 0.3) is 0 Å². The highest BCUT2D eigenvalue weighted by Gasteiger charge is 2.07. The number of benzene rings is 1. The van der Waals surface area contributed by atoms with Gasteiger partial charge < -0.3 is 10.4 Å². The van der Waals surface area contributed by atoms with Gasteiger partial charge in [-0.25, -0.2) is 0 Å². The Kier molecular flexibility index (Phi) is 7.03. The lowest BCUT2D eigenvalue weighted by Gasteiger charge is -2.10. The van der Waals surface area contributed by atoms with E-state index in [1.165, 1.54) is 23.9 Å². The highest BCUT2D eigenvalue weighted by Crippen LogP contribution is 2.21. The maximum absolute atomic E-state index is 11.6. The van der Waals surface area contributed by atoms with Crippen molar-refractivity contribution in [2.24, 2.45) is 5.92 Å². The summed E-state index contributed by atoms with van der Waals surface area (Å²) in [5, 5.41) is 22.0. The van der Waals surface area contributed by atoms with E-state index in [9.17, 15) is 14.9 Å². The van der Waals surface area contributed by atoms with Crippen molar-refractivity contribution < 1.29 is 14.8 Å². The topological polar surface area (TPSA) is 92.5 Å². The van der Waals surface area contributed by atoms with Crippen LogP contribution in [0.4, 0.5) is 5.69 Å². The van der Waals surface area contributed by atoms with Crippen LogP contribution in [0.5, 0.6) is 0 Å². The van der Waals surface area contributed by atoms with Gasteiger partial charge in [0, 0.05) is 30.2 Å². The molecule has 1 amide bonds. The summed E-state index contributed by atoms with van der Waals surface area (Å²) in [7, 11) is 0. The van der Waals surface area contributed by atoms with E-state index < -0.39 is 4.92 Å². The Balaban J connectivity index is 2.32. The summed E-state index contributed by atoms with van der Waals surface area (Å²) in [4.78, 5) is 22.5. The number of non-ortho nitro benzene ring substituents is 1. The second-order valence-corrected chi connectivity index (χ2v) is 5.51. The normalized spacial score (nSPS) is 11.9. The van der Waals surface area contributed by atoms with Gasteiger partial charge in [-0.15, -0.1) is 11.8 Å². The second kappa shape index (κ2) is 8.55. The number of nitro groups is 1. The number of carbonyl (C=O) groups excluding carboxylic acids is 1. The minimum atomic E-state index is -0.455. The number of nitrogens with zero attached hydrogens (tertiary/aromatic N) is 1. The van der Waals surface area contributed by atoms with E-state index in [2.05, 4.69) is 5.32 Å². The molecule has 0 fully saturated rings. The maximum Gasteiger partial charge on any atom is 0.269 e. The molecule has 2 N–H and O–H groups in total. The number of aliphatic hydroxyl groups excluding tert-OH is 1. The van der Waals surface area contributed by atoms with E-state index in [4.69, 9.17) is 5.11 Å². The summed E-state index contributed by atoms with van der Waals surface area (Å²) in [5.74, 6) is 0.426. The summed E-state index contributed by atoms with van der Waals surface area (Å²) in [6.45, 7) is 2.62. The Morgan fingerprint density at radius 2 is 2.10 bits per heavy atom. The third kappa shape index (κ3) is 6.03. The van der Waals surface area contributed by atoms with Gasteiger partial charge >= 0.3 is 0 Å². The molecule has 20 heavy (non-hydrogen) atoms. The van der Waals surface area contributed by atoms with Crippen LogP contribution in [-0.4, -0.2) is 34.8 Å². The molecule has 7 heteroatoms. The minimum absolute atomic E-state index is 0.0385. The number of hydrogen-bond donors (Lipinski definition) is 2. The van der Waals surface area contributed by atoms with E-state index >= 15 is 0 Å². The second-order valence-electron chi connectivity index (χ2n) is 4.46. The van der Waals surface area contributed by atoms with Gasteiger partial charge in [0.1, 0.15) is 0 Å². The molecular formula is C13H18N2O4S. The monoisotopic (exact) mass is 298 g/mol. The first-order valence-electron chi connectivity index (χ1n) is 6.27. The van der Waals surface area contributed by atoms with Crippen molar-refractivity contribution in [2.75, 3.05) is 18.9 Å². The maximum atomic E-state index is 11.6. The molecule has 0 heterocycles. The number of nitrogens with one attached hydrogen (secondary N) is 1. The van der Waals surface area contributed by atoms with Gasteiger partial charge in [-0.1, -0.05) is 6.92 Å². The fraction of sp³-hybridized carbons (Fsp3) is 0.462. The fourth-order valence-corrected chi connectivity index (χ4v) is 2.20. The van der Waals surface area contributed by atoms with Crippen LogP contribution in [0.15, 0.2) is 29.2 Å². The summed E-state index contributed by atoms with van der Waals surface area (Å²) < 4.78 is 0. The van der Waals surface area contributed by atoms with Crippen LogP contribution in [-0.2, 0) is 4.79 Å². The summed E-state index contributed by atoms with van der Waals surface area (Å²) in [6, 6.07) is 6.10. The molecule has 1 rings (SSSR count). The van der Waals surface area contributed by atoms with Gasteiger partial charge in [-0.3, -0.25) is 14.9 Å². The molecule has 0 bridgehead atoms. The predicted molar refractivity (Wildman–Crippen MR) is 77.7 cm³/mol. The first kappa shape index (κ1) is 16.5. The molecule has 0 saturated carbocycles. The third-order valence-corrected chi connectivity index (χ3v) is 3.70. The van der Waals surface area contributed by atoms with Crippen LogP contribution in [0.3, 0.4) is 0 Å². The zero-order valence-electron chi connectivity index (χ0n) is 11.2. The van der Waals surface area contributed by atoms with E-state index in [1.807, 2.05) is 6.92 Å². The quantitative estimate of drug-likeness (QED) is 0.434. The molecule has 0 saturated heterocycles. The lowest BCUT2D eigenvalue weighted by molar-refractivity contribution is -0.384. The molecule has 0 aromatic heterocycles. The Labute approximate surface area is 121 Å². The van der Waals surface area contributed by atoms with Crippen molar-refractivity contribution in [3.05, 3.63) is 34.4 Å². The largest absolute Gasteiger partial charge is 0.396 e. The number of amides is 1. The van der Waals surface area contributed by atoms with Crippen molar-refractivity contribution in [3.8, 4) is 0 Å². The molecule has 0 aliphatic rings. The van der Waals surface area contributed by atoms with Gasteiger partial charge in [0.2, 0.25) is 5.91 Å². The fourth-order valence-electron chi connectivity index (χ4n) is 1.47. The van der Waals surface area contributed by atoms with Crippen LogP contribution in [0.2, 0.25) is 0 Å².